The van der Waals surface area contributed by atoms with Crippen LogP contribution < -0.4 is 0 Å². The lowest BCUT2D eigenvalue weighted by Crippen LogP contribution is -2.46. The van der Waals surface area contributed by atoms with Gasteiger partial charge in [0.1, 0.15) is 5.78 Å². The normalized spacial score (nSPS) is 34.8. The molecule has 0 heterocycles. The van der Waals surface area contributed by atoms with Crippen LogP contribution in [-0.2, 0) is 18.7 Å². The van der Waals surface area contributed by atoms with Gasteiger partial charge in [0.15, 0.2) is 0 Å². The Morgan fingerprint density at radius 1 is 1.26 bits per heavy atom. The van der Waals surface area contributed by atoms with E-state index in [4.69, 9.17) is 9.29 Å². The topological polar surface area (TPSA) is 80.7 Å². The van der Waals surface area contributed by atoms with Gasteiger partial charge in [-0.1, -0.05) is 45.8 Å². The molecule has 3 rings (SSSR count). The standard InChI is InChI=1S/C22H36O5S2.C2H6/c1-4-5-16-15(11-13-27-3)6-7-18-17(16)10-12-22(2)19(18)8-9-20(22)21(23)14-28-29(24,25)26;1-2/h6,16-20H,4-5,7-14H2,1-3H3,(H,24,25,26);1-2H3. The van der Waals surface area contributed by atoms with Crippen LogP contribution in [0.15, 0.2) is 11.6 Å². The highest BCUT2D eigenvalue weighted by molar-refractivity contribution is 8.70. The molecular formula is C24H42O5S2. The molecule has 31 heavy (non-hydrogen) atoms. The summed E-state index contributed by atoms with van der Waals surface area (Å²) in [6.07, 6.45) is 11.1. The lowest BCUT2D eigenvalue weighted by Gasteiger charge is -2.52. The molecular weight excluding hydrogens is 432 g/mol. The quantitative estimate of drug-likeness (QED) is 0.252. The van der Waals surface area contributed by atoms with E-state index in [2.05, 4.69) is 19.9 Å². The fourth-order valence-electron chi connectivity index (χ4n) is 6.85. The smallest absolute Gasteiger partial charge is 0.320 e. The second-order valence-corrected chi connectivity index (χ2v) is 12.8. The zero-order chi connectivity index (χ0) is 23.2. The number of carbonyl (C=O) groups excluding carboxylic acids is 1. The predicted molar refractivity (Wildman–Crippen MR) is 128 cm³/mol. The van der Waals surface area contributed by atoms with Crippen LogP contribution in [0, 0.1) is 35.0 Å². The Morgan fingerprint density at radius 2 is 1.97 bits per heavy atom. The lowest BCUT2D eigenvalue weighted by atomic mass is 9.52. The molecule has 180 valence electrons. The van der Waals surface area contributed by atoms with Crippen molar-refractivity contribution in [1.82, 2.24) is 0 Å². The zero-order valence-corrected chi connectivity index (χ0v) is 21.6. The van der Waals surface area contributed by atoms with Crippen LogP contribution in [0.1, 0.15) is 79.1 Å². The molecule has 1 N–H and O–H groups in total. The van der Waals surface area contributed by atoms with Crippen LogP contribution in [0.5, 0.6) is 0 Å². The Bertz CT molecular complexity index is 732. The highest BCUT2D eigenvalue weighted by Gasteiger charge is 2.56. The highest BCUT2D eigenvalue weighted by atomic mass is 33.1. The van der Waals surface area contributed by atoms with Crippen molar-refractivity contribution in [3.8, 4) is 0 Å². The number of ether oxygens (including phenoxy) is 1. The first-order valence-corrected chi connectivity index (χ1v) is 15.0. The van der Waals surface area contributed by atoms with Gasteiger partial charge in [-0.15, -0.1) is 0 Å². The minimum Gasteiger partial charge on any atom is -0.384 e. The van der Waals surface area contributed by atoms with Crippen LogP contribution in [-0.4, -0.2) is 38.2 Å². The van der Waals surface area contributed by atoms with E-state index < -0.39 is 9.15 Å². The van der Waals surface area contributed by atoms with Gasteiger partial charge in [0, 0.05) is 30.4 Å². The van der Waals surface area contributed by atoms with Crippen molar-refractivity contribution < 1.29 is 22.5 Å². The summed E-state index contributed by atoms with van der Waals surface area (Å²) in [5, 5.41) is 0. The summed E-state index contributed by atoms with van der Waals surface area (Å²) >= 11 is 0. The Hall–Kier alpha value is -0.370. The van der Waals surface area contributed by atoms with E-state index in [-0.39, 0.29) is 22.9 Å². The predicted octanol–water partition coefficient (Wildman–Crippen LogP) is 5.96. The number of rotatable bonds is 9. The number of methoxy groups -OCH3 is 1. The van der Waals surface area contributed by atoms with Gasteiger partial charge in [-0.05, 0) is 74.0 Å². The number of allylic oxidation sites excluding steroid dienone is 1. The van der Waals surface area contributed by atoms with Crippen molar-refractivity contribution in [2.24, 2.45) is 35.0 Å². The van der Waals surface area contributed by atoms with E-state index in [9.17, 15) is 13.2 Å². The van der Waals surface area contributed by atoms with Crippen LogP contribution in [0.25, 0.3) is 0 Å². The molecule has 7 heteroatoms. The average Bonchev–Trinajstić information content (AvgIpc) is 3.10. The fourth-order valence-corrected chi connectivity index (χ4v) is 8.11. The third-order valence-corrected chi connectivity index (χ3v) is 10.0. The molecule has 3 aliphatic rings. The Kier molecular flexibility index (Phi) is 10.1. The molecule has 0 aromatic carbocycles. The number of hydrogen-bond acceptors (Lipinski definition) is 5. The Balaban J connectivity index is 0.00000166. The van der Waals surface area contributed by atoms with Gasteiger partial charge in [0.05, 0.1) is 5.75 Å². The summed E-state index contributed by atoms with van der Waals surface area (Å²) in [7, 11) is -2.04. The molecule has 6 unspecified atom stereocenters. The SMILES string of the molecule is CC.CCCC1C(CCOC)=CCC2C1CCC1(C)C(C(=O)CSS(=O)(=O)O)CCC21. The van der Waals surface area contributed by atoms with Gasteiger partial charge in [0.2, 0.25) is 0 Å². The molecule has 0 saturated heterocycles. The molecule has 3 aliphatic carbocycles. The molecule has 0 spiro atoms. The number of Topliss-reactive ketones (excluding diaryl/α,β-unsaturated/α-hetero) is 1. The molecule has 5 nitrogen and oxygen atoms in total. The van der Waals surface area contributed by atoms with Crippen LogP contribution in [0.4, 0.5) is 0 Å². The molecule has 0 aliphatic heterocycles. The number of hydrogen-bond donors (Lipinski definition) is 1. The lowest BCUT2D eigenvalue weighted by molar-refractivity contribution is -0.126. The van der Waals surface area contributed by atoms with Gasteiger partial charge in [-0.25, -0.2) is 0 Å². The summed E-state index contributed by atoms with van der Waals surface area (Å²) in [6.45, 7) is 9.31. The minimum absolute atomic E-state index is 0.00619. The number of ketones is 1. The molecule has 0 aromatic rings. The second-order valence-electron chi connectivity index (χ2n) is 9.42. The van der Waals surface area contributed by atoms with E-state index in [0.29, 0.717) is 34.5 Å². The Morgan fingerprint density at radius 3 is 2.58 bits per heavy atom. The van der Waals surface area contributed by atoms with E-state index in [1.54, 1.807) is 12.7 Å². The Labute approximate surface area is 193 Å². The largest absolute Gasteiger partial charge is 0.384 e. The number of fused-ring (bicyclic) bond motifs is 3. The summed E-state index contributed by atoms with van der Waals surface area (Å²) in [5.41, 5.74) is 1.54. The van der Waals surface area contributed by atoms with Gasteiger partial charge < -0.3 is 4.74 Å². The fraction of sp³-hybridized carbons (Fsp3) is 0.875. The third kappa shape index (κ3) is 6.15. The zero-order valence-electron chi connectivity index (χ0n) is 19.9. The molecule has 6 atom stereocenters. The van der Waals surface area contributed by atoms with Crippen LogP contribution in [0.3, 0.4) is 0 Å². The van der Waals surface area contributed by atoms with Crippen molar-refractivity contribution in [3.05, 3.63) is 11.6 Å². The van der Waals surface area contributed by atoms with Gasteiger partial charge in [-0.2, -0.15) is 8.42 Å². The first-order valence-electron chi connectivity index (χ1n) is 12.0. The minimum atomic E-state index is -4.17. The van der Waals surface area contributed by atoms with Gasteiger partial charge in [-0.3, -0.25) is 9.35 Å². The summed E-state index contributed by atoms with van der Waals surface area (Å²) in [4.78, 5) is 12.8. The second kappa shape index (κ2) is 11.7. The van der Waals surface area contributed by atoms with Gasteiger partial charge >= 0.3 is 9.15 Å². The monoisotopic (exact) mass is 474 g/mol. The average molecular weight is 475 g/mol. The van der Waals surface area contributed by atoms with Crippen molar-refractivity contribution in [2.45, 2.75) is 79.1 Å². The first kappa shape index (κ1) is 26.9. The maximum absolute atomic E-state index is 12.8. The molecule has 0 amide bonds. The van der Waals surface area contributed by atoms with Crippen molar-refractivity contribution >= 4 is 25.7 Å². The first-order chi connectivity index (χ1) is 14.7. The van der Waals surface area contributed by atoms with Crippen LogP contribution in [0.2, 0.25) is 0 Å². The summed E-state index contributed by atoms with van der Waals surface area (Å²) in [5.74, 6) is 2.28. The maximum Gasteiger partial charge on any atom is 0.320 e. The molecule has 0 aromatic heterocycles. The number of carbonyl (C=O) groups is 1. The van der Waals surface area contributed by atoms with Gasteiger partial charge in [0.25, 0.3) is 0 Å². The van der Waals surface area contributed by atoms with Crippen LogP contribution >= 0.6 is 10.8 Å². The molecule has 0 radical (unpaired) electrons. The molecule has 0 bridgehead atoms. The maximum atomic E-state index is 12.8. The van der Waals surface area contributed by atoms with Crippen molar-refractivity contribution in [3.63, 3.8) is 0 Å². The molecule has 2 fully saturated rings. The summed E-state index contributed by atoms with van der Waals surface area (Å²) < 4.78 is 36.4. The summed E-state index contributed by atoms with van der Waals surface area (Å²) in [6, 6.07) is 0. The van der Waals surface area contributed by atoms with E-state index in [1.807, 2.05) is 13.8 Å². The van der Waals surface area contributed by atoms with E-state index in [1.165, 1.54) is 12.8 Å². The molecule has 2 saturated carbocycles. The third-order valence-electron chi connectivity index (χ3n) is 8.07. The van der Waals surface area contributed by atoms with Crippen molar-refractivity contribution in [2.75, 3.05) is 19.5 Å². The van der Waals surface area contributed by atoms with Crippen molar-refractivity contribution in [1.29, 1.82) is 0 Å². The highest BCUT2D eigenvalue weighted by Crippen LogP contribution is 2.63. The van der Waals surface area contributed by atoms with E-state index in [0.717, 1.165) is 45.1 Å². The van der Waals surface area contributed by atoms with E-state index >= 15 is 0 Å².